The first-order valence-electron chi connectivity index (χ1n) is 10.3. The van der Waals surface area contributed by atoms with E-state index in [-0.39, 0.29) is 17.1 Å². The summed E-state index contributed by atoms with van der Waals surface area (Å²) in [6.45, 7) is 16.4. The molecule has 6 nitrogen and oxygen atoms in total. The molecule has 1 aromatic rings. The Morgan fingerprint density at radius 3 is 2.29 bits per heavy atom. The predicted octanol–water partition coefficient (Wildman–Crippen LogP) is 2.39. The highest BCUT2D eigenvalue weighted by Crippen LogP contribution is 2.16. The first-order valence-corrected chi connectivity index (χ1v) is 10.3. The quantitative estimate of drug-likeness (QED) is 0.471. The van der Waals surface area contributed by atoms with Gasteiger partial charge in [-0.25, -0.2) is 0 Å². The molecule has 1 aliphatic heterocycles. The van der Waals surface area contributed by atoms with Crippen LogP contribution >= 0.6 is 0 Å². The predicted molar refractivity (Wildman–Crippen MR) is 118 cm³/mol. The largest absolute Gasteiger partial charge is 0.379 e. The molecule has 0 aliphatic carbocycles. The van der Waals surface area contributed by atoms with E-state index in [1.807, 2.05) is 7.05 Å². The molecule has 158 valence electrons. The molecule has 1 aromatic carbocycles. The van der Waals surface area contributed by atoms with Crippen molar-refractivity contribution < 1.29 is 4.74 Å². The Balaban J connectivity index is 1.81. The molecular formula is C22H39N5O. The third-order valence-corrected chi connectivity index (χ3v) is 5.38. The molecule has 1 saturated heterocycles. The van der Waals surface area contributed by atoms with Gasteiger partial charge in [0.1, 0.15) is 0 Å². The summed E-state index contributed by atoms with van der Waals surface area (Å²) in [5, 5.41) is 10.7. The Hall–Kier alpha value is -1.63. The van der Waals surface area contributed by atoms with Crippen LogP contribution in [0.25, 0.3) is 0 Å². The molecular weight excluding hydrogens is 350 g/mol. The molecule has 1 unspecified atom stereocenters. The van der Waals surface area contributed by atoms with E-state index < -0.39 is 0 Å². The standard InChI is InChI=1S/C22H39N5O/c1-18(19-10-8-7-9-11-19)26-21(2,3)16-24-20(23-6)25-17-22(4,5)27-12-14-28-15-13-27/h7-11,18,26H,12-17H2,1-6H3,(H2,23,24,25). The van der Waals surface area contributed by atoms with Crippen LogP contribution in [0.4, 0.5) is 0 Å². The number of ether oxygens (including phenoxy) is 1. The van der Waals surface area contributed by atoms with E-state index in [2.05, 4.69) is 90.8 Å². The van der Waals surface area contributed by atoms with Gasteiger partial charge in [-0.15, -0.1) is 0 Å². The SMILES string of the molecule is CN=C(NCC(C)(C)NC(C)c1ccccc1)NCC(C)(C)N1CCOCC1. The number of benzene rings is 1. The van der Waals surface area contributed by atoms with Crippen molar-refractivity contribution in [2.45, 2.75) is 51.7 Å². The summed E-state index contributed by atoms with van der Waals surface area (Å²) < 4.78 is 5.48. The van der Waals surface area contributed by atoms with Crippen molar-refractivity contribution in [1.29, 1.82) is 0 Å². The summed E-state index contributed by atoms with van der Waals surface area (Å²) in [5.41, 5.74) is 1.27. The minimum atomic E-state index is -0.0768. The minimum Gasteiger partial charge on any atom is -0.379 e. The summed E-state index contributed by atoms with van der Waals surface area (Å²) in [4.78, 5) is 6.88. The van der Waals surface area contributed by atoms with Crippen LogP contribution in [0.5, 0.6) is 0 Å². The summed E-state index contributed by atoms with van der Waals surface area (Å²) in [5.74, 6) is 0.837. The van der Waals surface area contributed by atoms with E-state index in [4.69, 9.17) is 4.74 Å². The Bertz CT molecular complexity index is 609. The zero-order valence-electron chi connectivity index (χ0n) is 18.5. The van der Waals surface area contributed by atoms with Crippen LogP contribution in [-0.4, -0.2) is 68.4 Å². The summed E-state index contributed by atoms with van der Waals surface area (Å²) in [7, 11) is 1.82. The Morgan fingerprint density at radius 2 is 1.68 bits per heavy atom. The Kier molecular flexibility index (Phi) is 8.28. The van der Waals surface area contributed by atoms with Crippen LogP contribution in [0.3, 0.4) is 0 Å². The Morgan fingerprint density at radius 1 is 1.07 bits per heavy atom. The summed E-state index contributed by atoms with van der Waals surface area (Å²) in [6, 6.07) is 10.8. The van der Waals surface area contributed by atoms with E-state index in [0.29, 0.717) is 0 Å². The van der Waals surface area contributed by atoms with E-state index in [0.717, 1.165) is 45.4 Å². The molecule has 1 atom stereocenters. The maximum atomic E-state index is 5.48. The molecule has 0 radical (unpaired) electrons. The number of aliphatic imine (C=N–C) groups is 1. The lowest BCUT2D eigenvalue weighted by Gasteiger charge is -2.41. The first kappa shape index (κ1) is 22.7. The molecule has 1 heterocycles. The molecule has 6 heteroatoms. The molecule has 28 heavy (non-hydrogen) atoms. The average Bonchev–Trinajstić information content (AvgIpc) is 2.69. The number of guanidine groups is 1. The van der Waals surface area contributed by atoms with Gasteiger partial charge in [0.15, 0.2) is 5.96 Å². The normalized spacial score (nSPS) is 18.0. The van der Waals surface area contributed by atoms with E-state index >= 15 is 0 Å². The van der Waals surface area contributed by atoms with Crippen molar-refractivity contribution in [2.75, 3.05) is 46.4 Å². The van der Waals surface area contributed by atoms with Crippen LogP contribution in [-0.2, 0) is 4.74 Å². The molecule has 0 spiro atoms. The van der Waals surface area contributed by atoms with Gasteiger partial charge in [0.05, 0.1) is 13.2 Å². The smallest absolute Gasteiger partial charge is 0.191 e. The van der Waals surface area contributed by atoms with Crippen molar-refractivity contribution >= 4 is 5.96 Å². The van der Waals surface area contributed by atoms with Gasteiger partial charge in [0, 0.05) is 50.3 Å². The molecule has 0 aromatic heterocycles. The fourth-order valence-electron chi connectivity index (χ4n) is 3.57. The van der Waals surface area contributed by atoms with Crippen molar-refractivity contribution in [3.63, 3.8) is 0 Å². The van der Waals surface area contributed by atoms with Crippen LogP contribution in [0, 0.1) is 0 Å². The molecule has 0 bridgehead atoms. The molecule has 1 aliphatic rings. The van der Waals surface area contributed by atoms with Crippen LogP contribution in [0.1, 0.15) is 46.2 Å². The third-order valence-electron chi connectivity index (χ3n) is 5.38. The van der Waals surface area contributed by atoms with Gasteiger partial charge in [0.25, 0.3) is 0 Å². The lowest BCUT2D eigenvalue weighted by atomic mass is 10.0. The number of rotatable bonds is 8. The monoisotopic (exact) mass is 389 g/mol. The van der Waals surface area contributed by atoms with Crippen LogP contribution in [0.15, 0.2) is 35.3 Å². The van der Waals surface area contributed by atoms with Gasteiger partial charge in [0.2, 0.25) is 0 Å². The Labute approximate surface area is 171 Å². The highest BCUT2D eigenvalue weighted by molar-refractivity contribution is 5.79. The van der Waals surface area contributed by atoms with Crippen molar-refractivity contribution in [3.8, 4) is 0 Å². The molecule has 3 N–H and O–H groups in total. The lowest BCUT2D eigenvalue weighted by molar-refractivity contribution is -0.00834. The van der Waals surface area contributed by atoms with E-state index in [1.54, 1.807) is 0 Å². The van der Waals surface area contributed by atoms with Gasteiger partial charge >= 0.3 is 0 Å². The highest BCUT2D eigenvalue weighted by Gasteiger charge is 2.28. The number of nitrogens with one attached hydrogen (secondary N) is 3. The van der Waals surface area contributed by atoms with Gasteiger partial charge in [-0.2, -0.15) is 0 Å². The van der Waals surface area contributed by atoms with E-state index in [9.17, 15) is 0 Å². The molecule has 2 rings (SSSR count). The number of morpholine rings is 1. The number of nitrogens with zero attached hydrogens (tertiary/aromatic N) is 2. The van der Waals surface area contributed by atoms with Gasteiger partial charge in [-0.05, 0) is 40.2 Å². The zero-order valence-corrected chi connectivity index (χ0v) is 18.5. The fourth-order valence-corrected chi connectivity index (χ4v) is 3.57. The minimum absolute atomic E-state index is 0.0526. The van der Waals surface area contributed by atoms with Crippen LogP contribution in [0.2, 0.25) is 0 Å². The number of hydrogen-bond donors (Lipinski definition) is 3. The summed E-state index contributed by atoms with van der Waals surface area (Å²) in [6.07, 6.45) is 0. The second kappa shape index (κ2) is 10.2. The fraction of sp³-hybridized carbons (Fsp3) is 0.682. The third kappa shape index (κ3) is 7.08. The second-order valence-electron chi connectivity index (χ2n) is 8.85. The first-order chi connectivity index (χ1) is 13.2. The maximum absolute atomic E-state index is 5.48. The lowest BCUT2D eigenvalue weighted by Crippen LogP contribution is -2.58. The molecule has 0 amide bonds. The summed E-state index contributed by atoms with van der Waals surface area (Å²) >= 11 is 0. The van der Waals surface area contributed by atoms with Crippen LogP contribution < -0.4 is 16.0 Å². The highest BCUT2D eigenvalue weighted by atomic mass is 16.5. The van der Waals surface area contributed by atoms with Crippen molar-refractivity contribution in [2.24, 2.45) is 4.99 Å². The van der Waals surface area contributed by atoms with Gasteiger partial charge in [-0.1, -0.05) is 30.3 Å². The maximum Gasteiger partial charge on any atom is 0.191 e. The molecule has 1 fully saturated rings. The second-order valence-corrected chi connectivity index (χ2v) is 8.85. The van der Waals surface area contributed by atoms with E-state index in [1.165, 1.54) is 5.56 Å². The van der Waals surface area contributed by atoms with Crippen molar-refractivity contribution in [1.82, 2.24) is 20.9 Å². The van der Waals surface area contributed by atoms with Gasteiger partial charge < -0.3 is 20.7 Å². The topological polar surface area (TPSA) is 60.9 Å². The molecule has 0 saturated carbocycles. The average molecular weight is 390 g/mol. The zero-order chi connectivity index (χ0) is 20.6. The van der Waals surface area contributed by atoms with Gasteiger partial charge in [-0.3, -0.25) is 9.89 Å². The van der Waals surface area contributed by atoms with Crippen molar-refractivity contribution in [3.05, 3.63) is 35.9 Å². The number of hydrogen-bond acceptors (Lipinski definition) is 4.